The summed E-state index contributed by atoms with van der Waals surface area (Å²) in [5.41, 5.74) is 5.28. The normalized spacial score (nSPS) is 14.3. The Kier molecular flexibility index (Phi) is 6.89. The second kappa shape index (κ2) is 9.92. The number of rotatable bonds is 5. The summed E-state index contributed by atoms with van der Waals surface area (Å²) in [6.45, 7) is 11.4. The van der Waals surface area contributed by atoms with Crippen LogP contribution in [0.3, 0.4) is 0 Å². The predicted molar refractivity (Wildman–Crippen MR) is 148 cm³/mol. The summed E-state index contributed by atoms with van der Waals surface area (Å²) in [7, 11) is 0. The van der Waals surface area contributed by atoms with Gasteiger partial charge >= 0.3 is 5.97 Å². The van der Waals surface area contributed by atoms with Crippen LogP contribution in [0, 0.1) is 26.6 Å². The minimum Gasteiger partial charge on any atom is -0.490 e. The average molecular weight is 552 g/mol. The lowest BCUT2D eigenvalue weighted by molar-refractivity contribution is -0.160. The molecular weight excluding hydrogens is 521 g/mol. The van der Waals surface area contributed by atoms with Gasteiger partial charge in [0, 0.05) is 38.5 Å². The molecule has 1 aliphatic rings. The Labute approximate surface area is 231 Å². The van der Waals surface area contributed by atoms with E-state index in [1.807, 2.05) is 32.0 Å². The Morgan fingerprint density at radius 1 is 1.21 bits per heavy atom. The molecule has 0 saturated carbocycles. The van der Waals surface area contributed by atoms with Crippen LogP contribution in [0.4, 0.5) is 4.39 Å². The van der Waals surface area contributed by atoms with Crippen LogP contribution in [0.5, 0.6) is 5.75 Å². The number of nitrogens with zero attached hydrogens (tertiary/aromatic N) is 3. The third-order valence-corrected chi connectivity index (χ3v) is 7.20. The highest BCUT2D eigenvalue weighted by molar-refractivity contribution is 6.30. The van der Waals surface area contributed by atoms with Gasteiger partial charge in [0.2, 0.25) is 0 Å². The Bertz CT molecular complexity index is 1620. The molecule has 1 atom stereocenters. The fourth-order valence-corrected chi connectivity index (χ4v) is 5.44. The van der Waals surface area contributed by atoms with Gasteiger partial charge in [0.05, 0.1) is 23.6 Å². The quantitative estimate of drug-likeness (QED) is 0.286. The van der Waals surface area contributed by atoms with Crippen molar-refractivity contribution in [2.75, 3.05) is 6.61 Å². The van der Waals surface area contributed by atoms with Crippen molar-refractivity contribution in [2.24, 2.45) is 0 Å². The Balaban J connectivity index is 1.91. The van der Waals surface area contributed by atoms with Crippen molar-refractivity contribution in [3.05, 3.63) is 69.1 Å². The molecule has 0 spiro atoms. The molecule has 0 aliphatic carbocycles. The smallest absolute Gasteiger partial charge is 0.337 e. The molecule has 1 unspecified atom stereocenters. The van der Waals surface area contributed by atoms with Gasteiger partial charge in [-0.1, -0.05) is 23.7 Å². The molecule has 5 rings (SSSR count). The average Bonchev–Trinajstić information content (AvgIpc) is 3.19. The first-order valence-electron chi connectivity index (χ1n) is 12.9. The lowest BCUT2D eigenvalue weighted by Gasteiger charge is -2.28. The number of aromatic nitrogens is 3. The van der Waals surface area contributed by atoms with Crippen molar-refractivity contribution in [3.63, 3.8) is 0 Å². The van der Waals surface area contributed by atoms with Gasteiger partial charge in [0.1, 0.15) is 0 Å². The number of benzene rings is 2. The number of carboxylic acid groups (broad SMARTS) is 1. The SMILES string of the molecule is Cc1nc2c(C)c(-c3cccc(Cl)c3)nn2c(-c2cc(F)c3c(c2C)CCCO3)c1C(OC(C)(C)C)C(=O)O. The zero-order valence-electron chi connectivity index (χ0n) is 22.9. The highest BCUT2D eigenvalue weighted by atomic mass is 35.5. The molecule has 3 heterocycles. The number of hydrogen-bond donors (Lipinski definition) is 1. The van der Waals surface area contributed by atoms with Gasteiger partial charge in [0.15, 0.2) is 23.3 Å². The fraction of sp³-hybridized carbons (Fsp3) is 0.367. The molecule has 7 nitrogen and oxygen atoms in total. The van der Waals surface area contributed by atoms with E-state index in [9.17, 15) is 9.90 Å². The van der Waals surface area contributed by atoms with Crippen molar-refractivity contribution < 1.29 is 23.8 Å². The van der Waals surface area contributed by atoms with Crippen LogP contribution in [0.1, 0.15) is 61.2 Å². The van der Waals surface area contributed by atoms with E-state index in [2.05, 4.69) is 0 Å². The van der Waals surface area contributed by atoms with Crippen LogP contribution in [0.15, 0.2) is 30.3 Å². The van der Waals surface area contributed by atoms with Crippen LogP contribution in [-0.2, 0) is 16.0 Å². The highest BCUT2D eigenvalue weighted by Crippen LogP contribution is 2.42. The first kappa shape index (κ1) is 27.1. The van der Waals surface area contributed by atoms with Crippen LogP contribution in [-0.4, -0.2) is 37.9 Å². The molecule has 2 aromatic heterocycles. The van der Waals surface area contributed by atoms with Crippen molar-refractivity contribution in [1.29, 1.82) is 0 Å². The number of aliphatic carboxylic acids is 1. The van der Waals surface area contributed by atoms with E-state index in [1.165, 1.54) is 6.07 Å². The molecule has 1 aliphatic heterocycles. The third kappa shape index (κ3) is 4.87. The highest BCUT2D eigenvalue weighted by Gasteiger charge is 2.35. The van der Waals surface area contributed by atoms with Gasteiger partial charge in [-0.3, -0.25) is 0 Å². The summed E-state index contributed by atoms with van der Waals surface area (Å²) < 4.78 is 28.9. The first-order chi connectivity index (χ1) is 18.4. The van der Waals surface area contributed by atoms with E-state index in [4.69, 9.17) is 31.2 Å². The number of ether oxygens (including phenoxy) is 2. The van der Waals surface area contributed by atoms with Crippen LogP contribution in [0.25, 0.3) is 28.2 Å². The van der Waals surface area contributed by atoms with Gasteiger partial charge < -0.3 is 14.6 Å². The van der Waals surface area contributed by atoms with Crippen molar-refractivity contribution >= 4 is 23.2 Å². The number of aryl methyl sites for hydroxylation is 2. The van der Waals surface area contributed by atoms with E-state index in [1.54, 1.807) is 38.3 Å². The van der Waals surface area contributed by atoms with E-state index in [-0.39, 0.29) is 5.75 Å². The molecule has 9 heteroatoms. The third-order valence-electron chi connectivity index (χ3n) is 6.97. The molecule has 204 valence electrons. The van der Waals surface area contributed by atoms with Gasteiger partial charge in [-0.15, -0.1) is 0 Å². The van der Waals surface area contributed by atoms with Crippen molar-refractivity contribution in [2.45, 2.75) is 66.1 Å². The standard InChI is InChI=1S/C30H31ClFN3O4/c1-15-20-11-8-12-38-26(20)22(32)14-21(15)25-23(27(29(36)37)39-30(4,5)6)17(3)33-28-16(2)24(34-35(25)28)18-9-7-10-19(31)13-18/h7,9-10,13-14,27H,8,11-12H2,1-6H3,(H,36,37). The van der Waals surface area contributed by atoms with Crippen molar-refractivity contribution in [1.82, 2.24) is 14.6 Å². The summed E-state index contributed by atoms with van der Waals surface area (Å²) in [5.74, 6) is -1.42. The van der Waals surface area contributed by atoms with Crippen LogP contribution >= 0.6 is 11.6 Å². The second-order valence-corrected chi connectivity index (χ2v) is 11.4. The predicted octanol–water partition coefficient (Wildman–Crippen LogP) is 7.05. The lowest BCUT2D eigenvalue weighted by atomic mass is 9.91. The van der Waals surface area contributed by atoms with E-state index >= 15 is 4.39 Å². The number of carbonyl (C=O) groups is 1. The zero-order chi connectivity index (χ0) is 28.2. The monoisotopic (exact) mass is 551 g/mol. The molecule has 2 aromatic carbocycles. The molecular formula is C30H31ClFN3O4. The van der Waals surface area contributed by atoms with E-state index in [0.29, 0.717) is 51.9 Å². The molecule has 0 saturated heterocycles. The molecule has 1 N–H and O–H groups in total. The number of carboxylic acids is 1. The van der Waals surface area contributed by atoms with Crippen molar-refractivity contribution in [3.8, 4) is 28.3 Å². The molecule has 0 fully saturated rings. The number of hydrogen-bond acceptors (Lipinski definition) is 5. The largest absolute Gasteiger partial charge is 0.490 e. The Morgan fingerprint density at radius 2 is 1.95 bits per heavy atom. The Morgan fingerprint density at radius 3 is 2.62 bits per heavy atom. The number of fused-ring (bicyclic) bond motifs is 2. The van der Waals surface area contributed by atoms with Gasteiger partial charge in [0.25, 0.3) is 0 Å². The molecule has 0 radical (unpaired) electrons. The summed E-state index contributed by atoms with van der Waals surface area (Å²) in [5, 5.41) is 15.8. The maximum absolute atomic E-state index is 15.5. The van der Waals surface area contributed by atoms with Crippen LogP contribution < -0.4 is 4.74 Å². The zero-order valence-corrected chi connectivity index (χ0v) is 23.6. The lowest BCUT2D eigenvalue weighted by Crippen LogP contribution is -2.29. The first-order valence-corrected chi connectivity index (χ1v) is 13.3. The van der Waals surface area contributed by atoms with E-state index < -0.39 is 23.5 Å². The van der Waals surface area contributed by atoms with Crippen LogP contribution in [0.2, 0.25) is 5.02 Å². The maximum atomic E-state index is 15.5. The fourth-order valence-electron chi connectivity index (χ4n) is 5.25. The molecule has 4 aromatic rings. The topological polar surface area (TPSA) is 86.0 Å². The Hall–Kier alpha value is -3.49. The summed E-state index contributed by atoms with van der Waals surface area (Å²) in [6, 6.07) is 8.74. The molecule has 39 heavy (non-hydrogen) atoms. The summed E-state index contributed by atoms with van der Waals surface area (Å²) in [6.07, 6.45) is 0.0473. The summed E-state index contributed by atoms with van der Waals surface area (Å²) in [4.78, 5) is 17.5. The minimum atomic E-state index is -1.37. The van der Waals surface area contributed by atoms with E-state index in [0.717, 1.165) is 28.7 Å². The maximum Gasteiger partial charge on any atom is 0.337 e. The summed E-state index contributed by atoms with van der Waals surface area (Å²) >= 11 is 6.28. The molecule has 0 amide bonds. The van der Waals surface area contributed by atoms with Gasteiger partial charge in [-0.25, -0.2) is 18.7 Å². The number of halogens is 2. The van der Waals surface area contributed by atoms with Gasteiger partial charge in [-0.2, -0.15) is 5.10 Å². The minimum absolute atomic E-state index is 0.253. The second-order valence-electron chi connectivity index (χ2n) is 10.9. The van der Waals surface area contributed by atoms with Gasteiger partial charge in [-0.05, 0) is 78.1 Å². The molecule has 0 bridgehead atoms.